The lowest BCUT2D eigenvalue weighted by Gasteiger charge is -2.21. The Hall–Kier alpha value is -3.71. The number of aromatic nitrogens is 3. The number of nitrogens with zero attached hydrogens (tertiary/aromatic N) is 4. The molecule has 0 aliphatic rings. The predicted octanol–water partition coefficient (Wildman–Crippen LogP) is 6.18. The first-order valence-corrected chi connectivity index (χ1v) is 11.7. The molecule has 0 saturated heterocycles. The van der Waals surface area contributed by atoms with Gasteiger partial charge >= 0.3 is 0 Å². The first-order chi connectivity index (χ1) is 16.6. The highest BCUT2D eigenvalue weighted by molar-refractivity contribution is 5.66. The average molecular weight is 458 g/mol. The molecule has 2 N–H and O–H groups in total. The van der Waals surface area contributed by atoms with Crippen LogP contribution in [-0.2, 0) is 6.54 Å². The van der Waals surface area contributed by atoms with Crippen LogP contribution in [0, 0.1) is 6.92 Å². The lowest BCUT2D eigenvalue weighted by molar-refractivity contribution is 0.263. The molecule has 4 aromatic rings. The molecule has 2 heterocycles. The van der Waals surface area contributed by atoms with Gasteiger partial charge in [-0.15, -0.1) is 0 Å². The van der Waals surface area contributed by atoms with Gasteiger partial charge in [0.25, 0.3) is 5.89 Å². The van der Waals surface area contributed by atoms with E-state index in [2.05, 4.69) is 39.2 Å². The van der Waals surface area contributed by atoms with Gasteiger partial charge in [-0.25, -0.2) is 0 Å². The van der Waals surface area contributed by atoms with E-state index in [9.17, 15) is 5.11 Å². The Kier molecular flexibility index (Phi) is 7.54. The molecule has 4 rings (SSSR count). The second-order valence-corrected chi connectivity index (χ2v) is 8.43. The van der Waals surface area contributed by atoms with Crippen molar-refractivity contribution in [2.75, 3.05) is 18.4 Å². The lowest BCUT2D eigenvalue weighted by Crippen LogP contribution is -2.24. The summed E-state index contributed by atoms with van der Waals surface area (Å²) >= 11 is 0. The van der Waals surface area contributed by atoms with Crippen molar-refractivity contribution in [2.45, 2.75) is 40.2 Å². The quantitative estimate of drug-likeness (QED) is 0.294. The van der Waals surface area contributed by atoms with Crippen molar-refractivity contribution >= 4 is 11.4 Å². The van der Waals surface area contributed by atoms with Crippen molar-refractivity contribution in [1.82, 2.24) is 20.0 Å². The van der Waals surface area contributed by atoms with E-state index in [1.807, 2.05) is 55.5 Å². The van der Waals surface area contributed by atoms with Crippen LogP contribution in [0.3, 0.4) is 0 Å². The highest BCUT2D eigenvalue weighted by Crippen LogP contribution is 2.28. The van der Waals surface area contributed by atoms with Crippen LogP contribution in [0.1, 0.15) is 37.9 Å². The third-order valence-corrected chi connectivity index (χ3v) is 5.55. The van der Waals surface area contributed by atoms with Gasteiger partial charge in [-0.1, -0.05) is 19.0 Å². The summed E-state index contributed by atoms with van der Waals surface area (Å²) in [5.41, 5.74) is 5.43. The second-order valence-electron chi connectivity index (χ2n) is 8.43. The largest absolute Gasteiger partial charge is 0.508 e. The standard InChI is InChI=1S/C27H31N5O2/c1-4-14-32(15-5-2)18-22-17-21(8-11-25(22)33)26-30-27(34-31-26)20-6-9-23(10-7-20)29-24-12-13-28-19(3)16-24/h6-13,16-17,33H,4-5,14-15,18H2,1-3H3,(H,28,29). The minimum atomic E-state index is 0.289. The van der Waals surface area contributed by atoms with Crippen LogP contribution in [0.2, 0.25) is 0 Å². The number of benzene rings is 2. The Morgan fingerprint density at radius 1 is 0.912 bits per heavy atom. The van der Waals surface area contributed by atoms with Gasteiger partial charge in [-0.2, -0.15) is 4.98 Å². The summed E-state index contributed by atoms with van der Waals surface area (Å²) in [7, 11) is 0. The topological polar surface area (TPSA) is 87.3 Å². The van der Waals surface area contributed by atoms with Gasteiger partial charge in [0.2, 0.25) is 5.82 Å². The van der Waals surface area contributed by atoms with Gasteiger partial charge in [0, 0.05) is 46.5 Å². The molecule has 34 heavy (non-hydrogen) atoms. The Balaban J connectivity index is 1.49. The number of phenolic OH excluding ortho intramolecular Hbond substituents is 1. The summed E-state index contributed by atoms with van der Waals surface area (Å²) in [5.74, 6) is 1.25. The Morgan fingerprint density at radius 2 is 1.65 bits per heavy atom. The molecule has 0 radical (unpaired) electrons. The van der Waals surface area contributed by atoms with Gasteiger partial charge in [0.05, 0.1) is 0 Å². The smallest absolute Gasteiger partial charge is 0.258 e. The molecule has 0 unspecified atom stereocenters. The van der Waals surface area contributed by atoms with Crippen LogP contribution in [0.25, 0.3) is 22.8 Å². The lowest BCUT2D eigenvalue weighted by atomic mass is 10.1. The number of anilines is 2. The molecule has 0 saturated carbocycles. The van der Waals surface area contributed by atoms with Gasteiger partial charge in [0.15, 0.2) is 0 Å². The molecule has 2 aromatic carbocycles. The Morgan fingerprint density at radius 3 is 2.35 bits per heavy atom. The zero-order chi connectivity index (χ0) is 23.9. The number of hydrogen-bond acceptors (Lipinski definition) is 7. The minimum absolute atomic E-state index is 0.289. The number of rotatable bonds is 10. The van der Waals surface area contributed by atoms with Crippen molar-refractivity contribution in [3.8, 4) is 28.6 Å². The second kappa shape index (κ2) is 10.9. The molecule has 0 fully saturated rings. The summed E-state index contributed by atoms with van der Waals surface area (Å²) in [4.78, 5) is 11.2. The summed E-state index contributed by atoms with van der Waals surface area (Å²) in [6, 6.07) is 17.2. The third kappa shape index (κ3) is 5.80. The average Bonchev–Trinajstić information content (AvgIpc) is 3.32. The maximum atomic E-state index is 10.4. The van der Waals surface area contributed by atoms with Gasteiger partial charge < -0.3 is 14.9 Å². The molecule has 7 nitrogen and oxygen atoms in total. The van der Waals surface area contributed by atoms with E-state index in [-0.39, 0.29) is 5.75 Å². The highest BCUT2D eigenvalue weighted by Gasteiger charge is 2.14. The zero-order valence-electron chi connectivity index (χ0n) is 20.0. The van der Waals surface area contributed by atoms with Crippen LogP contribution in [0.4, 0.5) is 11.4 Å². The van der Waals surface area contributed by atoms with E-state index < -0.39 is 0 Å². The van der Waals surface area contributed by atoms with Gasteiger partial charge in [0.1, 0.15) is 5.75 Å². The van der Waals surface area contributed by atoms with E-state index in [1.165, 1.54) is 0 Å². The maximum Gasteiger partial charge on any atom is 0.258 e. The maximum absolute atomic E-state index is 10.4. The van der Waals surface area contributed by atoms with Crippen LogP contribution < -0.4 is 5.32 Å². The van der Waals surface area contributed by atoms with E-state index in [0.29, 0.717) is 18.3 Å². The summed E-state index contributed by atoms with van der Waals surface area (Å²) < 4.78 is 5.54. The van der Waals surface area contributed by atoms with Crippen LogP contribution >= 0.6 is 0 Å². The van der Waals surface area contributed by atoms with Crippen LogP contribution in [0.15, 0.2) is 65.3 Å². The van der Waals surface area contributed by atoms with Crippen molar-refractivity contribution < 1.29 is 9.63 Å². The summed E-state index contributed by atoms with van der Waals surface area (Å²) in [6.07, 6.45) is 3.93. The predicted molar refractivity (Wildman–Crippen MR) is 135 cm³/mol. The Bertz CT molecular complexity index is 1210. The molecule has 0 bridgehead atoms. The fourth-order valence-corrected chi connectivity index (χ4v) is 3.94. The molecule has 0 aliphatic carbocycles. The summed E-state index contributed by atoms with van der Waals surface area (Å²) in [6.45, 7) is 8.98. The van der Waals surface area contributed by atoms with Crippen molar-refractivity contribution in [1.29, 1.82) is 0 Å². The van der Waals surface area contributed by atoms with Crippen LogP contribution in [0.5, 0.6) is 5.75 Å². The van der Waals surface area contributed by atoms with E-state index >= 15 is 0 Å². The SMILES string of the molecule is CCCN(CCC)Cc1cc(-c2noc(-c3ccc(Nc4ccnc(C)c4)cc3)n2)ccc1O. The van der Waals surface area contributed by atoms with E-state index in [0.717, 1.165) is 59.7 Å². The zero-order valence-corrected chi connectivity index (χ0v) is 20.0. The molecule has 176 valence electrons. The molecule has 0 aliphatic heterocycles. The molecule has 7 heteroatoms. The summed E-state index contributed by atoms with van der Waals surface area (Å²) in [5, 5.41) is 17.9. The fourth-order valence-electron chi connectivity index (χ4n) is 3.94. The third-order valence-electron chi connectivity index (χ3n) is 5.55. The number of aryl methyl sites for hydroxylation is 1. The fraction of sp³-hybridized carbons (Fsp3) is 0.296. The Labute approximate surface area is 200 Å². The number of hydrogen-bond donors (Lipinski definition) is 2. The monoisotopic (exact) mass is 457 g/mol. The van der Waals surface area contributed by atoms with Gasteiger partial charge in [-0.3, -0.25) is 9.88 Å². The number of aromatic hydroxyl groups is 1. The number of pyridine rings is 1. The first-order valence-electron chi connectivity index (χ1n) is 11.7. The van der Waals surface area contributed by atoms with Crippen molar-refractivity contribution in [3.63, 3.8) is 0 Å². The minimum Gasteiger partial charge on any atom is -0.508 e. The van der Waals surface area contributed by atoms with Gasteiger partial charge in [-0.05, 0) is 87.5 Å². The molecule has 0 spiro atoms. The number of phenols is 1. The molecule has 2 aromatic heterocycles. The van der Waals surface area contributed by atoms with E-state index in [1.54, 1.807) is 12.3 Å². The first kappa shape index (κ1) is 23.4. The van der Waals surface area contributed by atoms with E-state index in [4.69, 9.17) is 4.52 Å². The van der Waals surface area contributed by atoms with Crippen molar-refractivity contribution in [2.24, 2.45) is 0 Å². The highest BCUT2D eigenvalue weighted by atomic mass is 16.5. The molecule has 0 amide bonds. The molecular formula is C27H31N5O2. The molecular weight excluding hydrogens is 426 g/mol. The molecule has 0 atom stereocenters. The van der Waals surface area contributed by atoms with Crippen LogP contribution in [-0.4, -0.2) is 38.2 Å². The normalized spacial score (nSPS) is 11.2. The van der Waals surface area contributed by atoms with Crippen molar-refractivity contribution in [3.05, 3.63) is 72.1 Å². The number of nitrogens with one attached hydrogen (secondary N) is 1.